The van der Waals surface area contributed by atoms with Crippen molar-refractivity contribution in [3.05, 3.63) is 0 Å². The summed E-state index contributed by atoms with van der Waals surface area (Å²) in [5.74, 6) is -0.670. The Bertz CT molecular complexity index is 354. The van der Waals surface area contributed by atoms with E-state index in [2.05, 4.69) is 26.1 Å². The van der Waals surface area contributed by atoms with Crippen molar-refractivity contribution in [2.45, 2.75) is 66.8 Å². The van der Waals surface area contributed by atoms with Crippen LogP contribution in [0.4, 0.5) is 0 Å². The van der Waals surface area contributed by atoms with Crippen LogP contribution in [0.3, 0.4) is 0 Å². The highest BCUT2D eigenvalue weighted by Crippen LogP contribution is 2.32. The number of hydrogen-bond donors (Lipinski definition) is 3. The summed E-state index contributed by atoms with van der Waals surface area (Å²) in [7, 11) is 0. The molecule has 5 nitrogen and oxygen atoms in total. The number of amides is 1. The maximum atomic E-state index is 12.0. The second-order valence-electron chi connectivity index (χ2n) is 7.92. The third-order valence-electron chi connectivity index (χ3n) is 3.94. The Morgan fingerprint density at radius 1 is 1.05 bits per heavy atom. The Morgan fingerprint density at radius 2 is 1.57 bits per heavy atom. The molecule has 4 N–H and O–H groups in total. The number of carboxylic acid groups (broad SMARTS) is 1. The van der Waals surface area contributed by atoms with Gasteiger partial charge >= 0.3 is 5.97 Å². The number of hydrogen-bond acceptors (Lipinski definition) is 3. The van der Waals surface area contributed by atoms with E-state index in [1.165, 1.54) is 0 Å². The summed E-state index contributed by atoms with van der Waals surface area (Å²) in [6.45, 7) is 12.6. The fraction of sp³-hybridized carbons (Fsp3) is 0.875. The first-order valence-corrected chi connectivity index (χ1v) is 7.60. The van der Waals surface area contributed by atoms with Gasteiger partial charge in [0.1, 0.15) is 0 Å². The first-order chi connectivity index (χ1) is 9.35. The molecule has 1 unspecified atom stereocenters. The summed E-state index contributed by atoms with van der Waals surface area (Å²) in [5, 5.41) is 11.7. The van der Waals surface area contributed by atoms with Crippen LogP contribution in [0.25, 0.3) is 0 Å². The smallest absolute Gasteiger partial charge is 0.303 e. The molecule has 0 aromatic carbocycles. The third kappa shape index (κ3) is 8.05. The largest absolute Gasteiger partial charge is 0.481 e. The van der Waals surface area contributed by atoms with Crippen LogP contribution in [-0.2, 0) is 9.59 Å². The van der Waals surface area contributed by atoms with Crippen LogP contribution in [0.15, 0.2) is 0 Å². The standard InChI is InChI=1S/C16H32N2O3/c1-15(2,3)11(7-8-12(19)20)9-10-18-14(21)13(17)16(4,5)6/h11,13H,7-10,17H2,1-6H3,(H,18,21)(H,19,20)/t11?,13-/m1/s1. The van der Waals surface area contributed by atoms with E-state index >= 15 is 0 Å². The highest BCUT2D eigenvalue weighted by atomic mass is 16.4. The number of nitrogens with one attached hydrogen (secondary N) is 1. The second kappa shape index (κ2) is 7.78. The number of nitrogens with two attached hydrogens (primary N) is 1. The van der Waals surface area contributed by atoms with Crippen LogP contribution < -0.4 is 11.1 Å². The Morgan fingerprint density at radius 3 is 1.95 bits per heavy atom. The highest BCUT2D eigenvalue weighted by Gasteiger charge is 2.28. The number of carboxylic acids is 1. The summed E-state index contributed by atoms with van der Waals surface area (Å²) in [6.07, 6.45) is 1.55. The van der Waals surface area contributed by atoms with Crippen LogP contribution in [0.2, 0.25) is 0 Å². The summed E-state index contributed by atoms with van der Waals surface area (Å²) in [5.41, 5.74) is 5.66. The van der Waals surface area contributed by atoms with Gasteiger partial charge in [-0.3, -0.25) is 9.59 Å². The molecule has 0 fully saturated rings. The van der Waals surface area contributed by atoms with Crippen molar-refractivity contribution in [2.75, 3.05) is 6.54 Å². The predicted molar refractivity (Wildman–Crippen MR) is 84.9 cm³/mol. The van der Waals surface area contributed by atoms with Gasteiger partial charge in [0.05, 0.1) is 6.04 Å². The lowest BCUT2D eigenvalue weighted by Crippen LogP contribution is -2.49. The predicted octanol–water partition coefficient (Wildman–Crippen LogP) is 2.39. The Kier molecular flexibility index (Phi) is 7.37. The second-order valence-corrected chi connectivity index (χ2v) is 7.92. The maximum Gasteiger partial charge on any atom is 0.303 e. The van der Waals surface area contributed by atoms with Gasteiger partial charge < -0.3 is 16.2 Å². The molecule has 0 rings (SSSR count). The minimum absolute atomic E-state index is 0.0202. The number of carbonyl (C=O) groups excluding carboxylic acids is 1. The Hall–Kier alpha value is -1.10. The van der Waals surface area contributed by atoms with Crippen LogP contribution in [0.1, 0.15) is 60.8 Å². The van der Waals surface area contributed by atoms with Crippen molar-refractivity contribution in [2.24, 2.45) is 22.5 Å². The molecule has 1 amide bonds. The number of rotatable bonds is 7. The van der Waals surface area contributed by atoms with Gasteiger partial charge in [-0.1, -0.05) is 41.5 Å². The van der Waals surface area contributed by atoms with Crippen molar-refractivity contribution < 1.29 is 14.7 Å². The van der Waals surface area contributed by atoms with Gasteiger partial charge in [-0.25, -0.2) is 0 Å². The molecule has 0 aliphatic heterocycles. The van der Waals surface area contributed by atoms with Gasteiger partial charge in [-0.15, -0.1) is 0 Å². The number of aliphatic carboxylic acids is 1. The average Bonchev–Trinajstić information content (AvgIpc) is 2.28. The Labute approximate surface area is 128 Å². The topological polar surface area (TPSA) is 92.4 Å². The van der Waals surface area contributed by atoms with Crippen LogP contribution >= 0.6 is 0 Å². The van der Waals surface area contributed by atoms with Crippen molar-refractivity contribution in [3.63, 3.8) is 0 Å². The molecular weight excluding hydrogens is 268 g/mol. The van der Waals surface area contributed by atoms with E-state index in [9.17, 15) is 9.59 Å². The summed E-state index contributed by atoms with van der Waals surface area (Å²) in [6, 6.07) is -0.537. The number of carbonyl (C=O) groups is 2. The Balaban J connectivity index is 4.38. The minimum atomic E-state index is -0.775. The third-order valence-corrected chi connectivity index (χ3v) is 3.94. The molecule has 0 aromatic heterocycles. The van der Waals surface area contributed by atoms with E-state index in [1.54, 1.807) is 0 Å². The van der Waals surface area contributed by atoms with E-state index in [0.29, 0.717) is 13.0 Å². The fourth-order valence-electron chi connectivity index (χ4n) is 2.18. The average molecular weight is 300 g/mol. The van der Waals surface area contributed by atoms with Crippen molar-refractivity contribution in [3.8, 4) is 0 Å². The van der Waals surface area contributed by atoms with Crippen LogP contribution in [-0.4, -0.2) is 29.6 Å². The summed E-state index contributed by atoms with van der Waals surface area (Å²) in [4.78, 5) is 22.7. The molecule has 0 saturated heterocycles. The molecule has 0 aromatic rings. The molecular formula is C16H32N2O3. The molecule has 124 valence electrons. The van der Waals surface area contributed by atoms with Gasteiger partial charge in [-0.05, 0) is 29.6 Å². The zero-order valence-corrected chi connectivity index (χ0v) is 14.3. The highest BCUT2D eigenvalue weighted by molar-refractivity contribution is 5.82. The lowest BCUT2D eigenvalue weighted by molar-refractivity contribution is -0.137. The van der Waals surface area contributed by atoms with Crippen molar-refractivity contribution in [1.82, 2.24) is 5.32 Å². The summed E-state index contributed by atoms with van der Waals surface area (Å²) < 4.78 is 0. The van der Waals surface area contributed by atoms with Crippen LogP contribution in [0, 0.1) is 16.7 Å². The van der Waals surface area contributed by atoms with E-state index in [4.69, 9.17) is 10.8 Å². The lowest BCUT2D eigenvalue weighted by Gasteiger charge is -2.31. The van der Waals surface area contributed by atoms with Crippen molar-refractivity contribution >= 4 is 11.9 Å². The first-order valence-electron chi connectivity index (χ1n) is 7.60. The zero-order chi connectivity index (χ0) is 16.8. The first kappa shape index (κ1) is 19.9. The molecule has 0 saturated carbocycles. The molecule has 0 aliphatic carbocycles. The molecule has 0 heterocycles. The minimum Gasteiger partial charge on any atom is -0.481 e. The monoisotopic (exact) mass is 300 g/mol. The fourth-order valence-corrected chi connectivity index (χ4v) is 2.18. The normalized spacial score (nSPS) is 15.4. The van der Waals surface area contributed by atoms with Gasteiger partial charge in [-0.2, -0.15) is 0 Å². The van der Waals surface area contributed by atoms with Gasteiger partial charge in [0.25, 0.3) is 0 Å². The van der Waals surface area contributed by atoms with Gasteiger partial charge in [0.15, 0.2) is 0 Å². The molecule has 0 radical (unpaired) electrons. The zero-order valence-electron chi connectivity index (χ0n) is 14.3. The molecule has 5 heteroatoms. The van der Waals surface area contributed by atoms with Crippen molar-refractivity contribution in [1.29, 1.82) is 0 Å². The van der Waals surface area contributed by atoms with Gasteiger partial charge in [0, 0.05) is 13.0 Å². The molecule has 0 spiro atoms. The quantitative estimate of drug-likeness (QED) is 0.673. The molecule has 2 atom stereocenters. The molecule has 0 bridgehead atoms. The molecule has 0 aliphatic rings. The molecule has 21 heavy (non-hydrogen) atoms. The van der Waals surface area contributed by atoms with Gasteiger partial charge in [0.2, 0.25) is 5.91 Å². The van der Waals surface area contributed by atoms with E-state index in [-0.39, 0.29) is 29.1 Å². The lowest BCUT2D eigenvalue weighted by atomic mass is 9.76. The van der Waals surface area contributed by atoms with Crippen LogP contribution in [0.5, 0.6) is 0 Å². The van der Waals surface area contributed by atoms with E-state index in [0.717, 1.165) is 6.42 Å². The SMILES string of the molecule is CC(C)(C)C(CCNC(=O)[C@@H](N)C(C)(C)C)CCC(=O)O. The summed E-state index contributed by atoms with van der Waals surface area (Å²) >= 11 is 0. The maximum absolute atomic E-state index is 12.0. The van der Waals surface area contributed by atoms with E-state index < -0.39 is 12.0 Å². The van der Waals surface area contributed by atoms with E-state index in [1.807, 2.05) is 20.8 Å².